The number of nitrogens with one attached hydrogen (secondary N) is 1. The van der Waals surface area contributed by atoms with E-state index in [1.54, 1.807) is 6.92 Å². The van der Waals surface area contributed by atoms with E-state index in [0.29, 0.717) is 6.07 Å². The van der Waals surface area contributed by atoms with Gasteiger partial charge >= 0.3 is 12.1 Å². The molecule has 2 N–H and O–H groups in total. The van der Waals surface area contributed by atoms with Gasteiger partial charge in [0.1, 0.15) is 0 Å². The van der Waals surface area contributed by atoms with Gasteiger partial charge in [0.2, 0.25) is 10.0 Å². The molecule has 0 aliphatic carbocycles. The zero-order chi connectivity index (χ0) is 16.3. The van der Waals surface area contributed by atoms with Crippen LogP contribution in [0.1, 0.15) is 25.3 Å². The van der Waals surface area contributed by atoms with Crippen molar-refractivity contribution in [3.63, 3.8) is 0 Å². The normalized spacial score (nSPS) is 13.9. The van der Waals surface area contributed by atoms with Crippen LogP contribution in [0.3, 0.4) is 0 Å². The Bertz CT molecular complexity index is 613. The van der Waals surface area contributed by atoms with Gasteiger partial charge in [-0.1, -0.05) is 13.0 Å². The molecule has 5 nitrogen and oxygen atoms in total. The van der Waals surface area contributed by atoms with Crippen molar-refractivity contribution in [3.8, 4) is 0 Å². The SMILES string of the molecule is CCC(CC(=O)O)NS(=O)(=O)c1cccc(C(F)(F)F)c1. The van der Waals surface area contributed by atoms with Crippen LogP contribution in [0.2, 0.25) is 0 Å². The van der Waals surface area contributed by atoms with Crippen molar-refractivity contribution >= 4 is 16.0 Å². The number of aliphatic carboxylic acids is 1. The summed E-state index contributed by atoms with van der Waals surface area (Å²) in [6.45, 7) is 1.57. The minimum absolute atomic E-state index is 0.199. The van der Waals surface area contributed by atoms with E-state index in [-0.39, 0.29) is 6.42 Å². The van der Waals surface area contributed by atoms with E-state index >= 15 is 0 Å². The van der Waals surface area contributed by atoms with Crippen LogP contribution in [0.25, 0.3) is 0 Å². The number of benzene rings is 1. The van der Waals surface area contributed by atoms with Gasteiger partial charge in [-0.05, 0) is 24.6 Å². The average molecular weight is 325 g/mol. The molecule has 1 unspecified atom stereocenters. The van der Waals surface area contributed by atoms with E-state index in [1.165, 1.54) is 0 Å². The van der Waals surface area contributed by atoms with Crippen molar-refractivity contribution in [2.24, 2.45) is 0 Å². The lowest BCUT2D eigenvalue weighted by atomic mass is 10.2. The molecule has 1 aromatic rings. The first-order valence-electron chi connectivity index (χ1n) is 5.97. The van der Waals surface area contributed by atoms with Gasteiger partial charge in [0, 0.05) is 6.04 Å². The lowest BCUT2D eigenvalue weighted by molar-refractivity contribution is -0.138. The van der Waals surface area contributed by atoms with E-state index in [0.717, 1.165) is 18.2 Å². The zero-order valence-corrected chi connectivity index (χ0v) is 11.8. The van der Waals surface area contributed by atoms with Gasteiger partial charge in [-0.15, -0.1) is 0 Å². The Hall–Kier alpha value is -1.61. The van der Waals surface area contributed by atoms with Crippen LogP contribution in [-0.4, -0.2) is 25.5 Å². The Morgan fingerprint density at radius 3 is 2.48 bits per heavy atom. The number of sulfonamides is 1. The molecular weight excluding hydrogens is 311 g/mol. The fourth-order valence-electron chi connectivity index (χ4n) is 1.61. The Balaban J connectivity index is 3.05. The molecule has 0 amide bonds. The number of rotatable bonds is 6. The summed E-state index contributed by atoms with van der Waals surface area (Å²) in [6.07, 6.45) is -4.91. The summed E-state index contributed by atoms with van der Waals surface area (Å²) in [4.78, 5) is 10.0. The fourth-order valence-corrected chi connectivity index (χ4v) is 2.97. The molecule has 0 radical (unpaired) electrons. The topological polar surface area (TPSA) is 83.5 Å². The van der Waals surface area contributed by atoms with E-state index in [1.807, 2.05) is 0 Å². The van der Waals surface area contributed by atoms with Crippen LogP contribution in [0.5, 0.6) is 0 Å². The molecule has 0 aliphatic rings. The van der Waals surface area contributed by atoms with Gasteiger partial charge in [-0.25, -0.2) is 13.1 Å². The average Bonchev–Trinajstić information content (AvgIpc) is 2.36. The minimum Gasteiger partial charge on any atom is -0.481 e. The summed E-state index contributed by atoms with van der Waals surface area (Å²) >= 11 is 0. The maximum atomic E-state index is 12.6. The van der Waals surface area contributed by atoms with Crippen molar-refractivity contribution < 1.29 is 31.5 Å². The number of hydrogen-bond donors (Lipinski definition) is 2. The smallest absolute Gasteiger partial charge is 0.416 e. The third-order valence-electron chi connectivity index (χ3n) is 2.71. The van der Waals surface area contributed by atoms with Crippen LogP contribution < -0.4 is 4.72 Å². The molecule has 0 bridgehead atoms. The van der Waals surface area contributed by atoms with Crippen LogP contribution in [0, 0.1) is 0 Å². The van der Waals surface area contributed by atoms with Crippen LogP contribution in [-0.2, 0) is 21.0 Å². The molecule has 0 aromatic heterocycles. The first-order valence-corrected chi connectivity index (χ1v) is 7.46. The second kappa shape index (κ2) is 6.44. The van der Waals surface area contributed by atoms with Crippen molar-refractivity contribution in [1.29, 1.82) is 0 Å². The predicted molar refractivity (Wildman–Crippen MR) is 68.1 cm³/mol. The molecule has 118 valence electrons. The van der Waals surface area contributed by atoms with Gasteiger partial charge in [0.15, 0.2) is 0 Å². The summed E-state index contributed by atoms with van der Waals surface area (Å²) in [7, 11) is -4.21. The number of halogens is 3. The maximum Gasteiger partial charge on any atom is 0.416 e. The number of carbonyl (C=O) groups is 1. The maximum absolute atomic E-state index is 12.6. The molecule has 21 heavy (non-hydrogen) atoms. The van der Waals surface area contributed by atoms with E-state index in [2.05, 4.69) is 4.72 Å². The van der Waals surface area contributed by atoms with Crippen LogP contribution >= 0.6 is 0 Å². The monoisotopic (exact) mass is 325 g/mol. The van der Waals surface area contributed by atoms with Crippen molar-refractivity contribution in [2.75, 3.05) is 0 Å². The highest BCUT2D eigenvalue weighted by molar-refractivity contribution is 7.89. The fraction of sp³-hybridized carbons (Fsp3) is 0.417. The molecule has 9 heteroatoms. The molecule has 0 aliphatic heterocycles. The summed E-state index contributed by atoms with van der Waals surface area (Å²) < 4.78 is 63.8. The van der Waals surface area contributed by atoms with Gasteiger partial charge in [0.05, 0.1) is 16.9 Å². The van der Waals surface area contributed by atoms with Gasteiger partial charge in [0.25, 0.3) is 0 Å². The number of carboxylic acids is 1. The molecular formula is C12H14F3NO4S. The summed E-state index contributed by atoms with van der Waals surface area (Å²) in [5.41, 5.74) is -1.09. The van der Waals surface area contributed by atoms with Gasteiger partial charge in [-0.2, -0.15) is 13.2 Å². The molecule has 0 heterocycles. The number of alkyl halides is 3. The third-order valence-corrected chi connectivity index (χ3v) is 4.23. The molecule has 1 atom stereocenters. The third kappa shape index (κ3) is 5.01. The molecule has 1 rings (SSSR count). The van der Waals surface area contributed by atoms with Crippen LogP contribution in [0.4, 0.5) is 13.2 Å². The first kappa shape index (κ1) is 17.4. The molecule has 0 spiro atoms. The van der Waals surface area contributed by atoms with Gasteiger partial charge < -0.3 is 5.11 Å². The van der Waals surface area contributed by atoms with Gasteiger partial charge in [-0.3, -0.25) is 4.79 Å². The second-order valence-electron chi connectivity index (χ2n) is 4.35. The van der Waals surface area contributed by atoms with Crippen LogP contribution in [0.15, 0.2) is 29.2 Å². The predicted octanol–water partition coefficient (Wildman–Crippen LogP) is 2.24. The highest BCUT2D eigenvalue weighted by atomic mass is 32.2. The van der Waals surface area contributed by atoms with E-state index in [4.69, 9.17) is 5.11 Å². The Kier molecular flexibility index (Phi) is 5.35. The summed E-state index contributed by atoms with van der Waals surface area (Å²) in [5, 5.41) is 8.65. The molecule has 0 fully saturated rings. The lowest BCUT2D eigenvalue weighted by Gasteiger charge is -2.16. The minimum atomic E-state index is -4.66. The molecule has 0 saturated carbocycles. The second-order valence-corrected chi connectivity index (χ2v) is 6.06. The largest absolute Gasteiger partial charge is 0.481 e. The van der Waals surface area contributed by atoms with Crippen molar-refractivity contribution in [3.05, 3.63) is 29.8 Å². The molecule has 0 saturated heterocycles. The Morgan fingerprint density at radius 2 is 2.00 bits per heavy atom. The Labute approximate surface area is 119 Å². The van der Waals surface area contributed by atoms with Crippen molar-refractivity contribution in [1.82, 2.24) is 4.72 Å². The number of carboxylic acid groups (broad SMARTS) is 1. The Morgan fingerprint density at radius 1 is 1.38 bits per heavy atom. The van der Waals surface area contributed by atoms with E-state index < -0.39 is 45.1 Å². The van der Waals surface area contributed by atoms with E-state index in [9.17, 15) is 26.4 Å². The highest BCUT2D eigenvalue weighted by Gasteiger charge is 2.32. The quantitative estimate of drug-likeness (QED) is 0.840. The first-order chi connectivity index (χ1) is 9.56. The van der Waals surface area contributed by atoms with Crippen molar-refractivity contribution in [2.45, 2.75) is 36.9 Å². The highest BCUT2D eigenvalue weighted by Crippen LogP contribution is 2.30. The standard InChI is InChI=1S/C12H14F3NO4S/c1-2-9(7-11(17)18)16-21(19,20)10-5-3-4-8(6-10)12(13,14)15/h3-6,9,16H,2,7H2,1H3,(H,17,18). The molecule has 1 aromatic carbocycles. The number of hydrogen-bond acceptors (Lipinski definition) is 3. The lowest BCUT2D eigenvalue weighted by Crippen LogP contribution is -2.36. The summed E-state index contributed by atoms with van der Waals surface area (Å²) in [5.74, 6) is -1.20. The zero-order valence-electron chi connectivity index (χ0n) is 11.0. The summed E-state index contributed by atoms with van der Waals surface area (Å²) in [6, 6.07) is 2.38.